The summed E-state index contributed by atoms with van der Waals surface area (Å²) in [6, 6.07) is 8.10. The maximum Gasteiger partial charge on any atom is 0.0922 e. The van der Waals surface area contributed by atoms with Crippen LogP contribution in [0.1, 0.15) is 18.5 Å². The van der Waals surface area contributed by atoms with E-state index in [1.54, 1.807) is 6.20 Å². The van der Waals surface area contributed by atoms with Crippen LogP contribution in [-0.4, -0.2) is 33.9 Å². The van der Waals surface area contributed by atoms with E-state index in [1.165, 1.54) is 6.21 Å². The van der Waals surface area contributed by atoms with Gasteiger partial charge in [0, 0.05) is 30.6 Å². The summed E-state index contributed by atoms with van der Waals surface area (Å²) in [6.07, 6.45) is 6.72. The first-order chi connectivity index (χ1) is 10.3. The van der Waals surface area contributed by atoms with Gasteiger partial charge in [0.2, 0.25) is 0 Å². The Labute approximate surface area is 123 Å². The highest BCUT2D eigenvalue weighted by atomic mass is 16.3. The lowest BCUT2D eigenvalue weighted by Crippen LogP contribution is -2.12. The minimum atomic E-state index is 0.236. The second kappa shape index (κ2) is 6.01. The Morgan fingerprint density at radius 2 is 2.19 bits per heavy atom. The van der Waals surface area contributed by atoms with Gasteiger partial charge in [-0.15, -0.1) is 0 Å². The Morgan fingerprint density at radius 1 is 1.38 bits per heavy atom. The van der Waals surface area contributed by atoms with Gasteiger partial charge in [-0.05, 0) is 30.9 Å². The molecule has 1 aromatic carbocycles. The summed E-state index contributed by atoms with van der Waals surface area (Å²) >= 11 is 0. The van der Waals surface area contributed by atoms with Gasteiger partial charge in [-0.2, -0.15) is 0 Å². The molecule has 1 aliphatic carbocycles. The van der Waals surface area contributed by atoms with Crippen LogP contribution in [0.5, 0.6) is 0 Å². The van der Waals surface area contributed by atoms with Gasteiger partial charge in [0.05, 0.1) is 22.9 Å². The van der Waals surface area contributed by atoms with Crippen molar-refractivity contribution >= 4 is 22.8 Å². The number of hydrogen-bond donors (Lipinski definition) is 3. The van der Waals surface area contributed by atoms with Gasteiger partial charge in [0.25, 0.3) is 0 Å². The van der Waals surface area contributed by atoms with Crippen LogP contribution < -0.4 is 5.32 Å². The first-order valence-electron chi connectivity index (χ1n) is 7.11. The number of fused-ring (bicyclic) bond motifs is 1. The fourth-order valence-corrected chi connectivity index (χ4v) is 2.42. The fraction of sp³-hybridized carbons (Fsp3) is 0.312. The molecule has 0 spiro atoms. The van der Waals surface area contributed by atoms with Crippen molar-refractivity contribution in [2.24, 2.45) is 5.92 Å². The van der Waals surface area contributed by atoms with Gasteiger partial charge in [0.1, 0.15) is 0 Å². The zero-order chi connectivity index (χ0) is 14.7. The second-order valence-electron chi connectivity index (χ2n) is 5.27. The number of aliphatic hydroxyl groups excluding tert-OH is 1. The lowest BCUT2D eigenvalue weighted by Gasteiger charge is -2.04. The van der Waals surface area contributed by atoms with Crippen LogP contribution in [0.4, 0.5) is 0 Å². The average Bonchev–Trinajstić information content (AvgIpc) is 3.26. The van der Waals surface area contributed by atoms with Crippen LogP contribution in [-0.2, 0) is 0 Å². The standard InChI is InChI=1S/C16H18N4O/c17-8-12(9-18-15-7-11(15)5-6-21)16-10-19-13-3-1-2-4-14(13)20-16/h1-4,8-11,15,17-18,21H,5-7H2/b12-9+,17-8?. The molecule has 1 saturated carbocycles. The van der Waals surface area contributed by atoms with E-state index in [9.17, 15) is 0 Å². The highest BCUT2D eigenvalue weighted by molar-refractivity contribution is 6.07. The second-order valence-corrected chi connectivity index (χ2v) is 5.27. The first-order valence-corrected chi connectivity index (χ1v) is 7.11. The quantitative estimate of drug-likeness (QED) is 0.708. The maximum atomic E-state index is 8.90. The summed E-state index contributed by atoms with van der Waals surface area (Å²) < 4.78 is 0. The monoisotopic (exact) mass is 282 g/mol. The molecule has 5 heteroatoms. The van der Waals surface area contributed by atoms with Gasteiger partial charge in [-0.3, -0.25) is 4.98 Å². The number of aliphatic hydroxyl groups is 1. The number of para-hydroxylation sites is 2. The van der Waals surface area contributed by atoms with Crippen LogP contribution in [0.2, 0.25) is 0 Å². The molecule has 108 valence electrons. The largest absolute Gasteiger partial charge is 0.396 e. The third-order valence-electron chi connectivity index (χ3n) is 3.78. The van der Waals surface area contributed by atoms with E-state index in [-0.39, 0.29) is 6.61 Å². The van der Waals surface area contributed by atoms with Crippen molar-refractivity contribution in [3.63, 3.8) is 0 Å². The van der Waals surface area contributed by atoms with Gasteiger partial charge >= 0.3 is 0 Å². The fourth-order valence-electron chi connectivity index (χ4n) is 2.42. The van der Waals surface area contributed by atoms with Gasteiger partial charge in [0.15, 0.2) is 0 Å². The zero-order valence-electron chi connectivity index (χ0n) is 11.7. The van der Waals surface area contributed by atoms with Crippen LogP contribution >= 0.6 is 0 Å². The molecule has 1 aromatic heterocycles. The van der Waals surface area contributed by atoms with Crippen molar-refractivity contribution in [3.05, 3.63) is 42.4 Å². The highest BCUT2D eigenvalue weighted by Gasteiger charge is 2.35. The summed E-state index contributed by atoms with van der Waals surface area (Å²) in [4.78, 5) is 8.91. The normalized spacial score (nSPS) is 21.3. The van der Waals surface area contributed by atoms with Crippen LogP contribution in [0, 0.1) is 11.3 Å². The molecular formula is C16H18N4O. The van der Waals surface area contributed by atoms with Gasteiger partial charge in [-0.25, -0.2) is 4.98 Å². The van der Waals surface area contributed by atoms with E-state index in [0.717, 1.165) is 23.9 Å². The number of hydrogen-bond acceptors (Lipinski definition) is 5. The van der Waals surface area contributed by atoms with Crippen molar-refractivity contribution in [1.29, 1.82) is 5.41 Å². The van der Waals surface area contributed by atoms with Gasteiger partial charge in [-0.1, -0.05) is 12.1 Å². The molecular weight excluding hydrogens is 264 g/mol. The Morgan fingerprint density at radius 3 is 2.95 bits per heavy atom. The maximum absolute atomic E-state index is 8.90. The zero-order valence-corrected chi connectivity index (χ0v) is 11.7. The summed E-state index contributed by atoms with van der Waals surface area (Å²) in [5, 5.41) is 19.8. The number of rotatable bonds is 6. The third-order valence-corrected chi connectivity index (χ3v) is 3.78. The summed E-state index contributed by atoms with van der Waals surface area (Å²) in [5.74, 6) is 0.543. The van der Waals surface area contributed by atoms with E-state index in [4.69, 9.17) is 10.5 Å². The number of nitrogens with one attached hydrogen (secondary N) is 2. The van der Waals surface area contributed by atoms with E-state index in [1.807, 2.05) is 30.5 Å². The van der Waals surface area contributed by atoms with Crippen molar-refractivity contribution < 1.29 is 5.11 Å². The molecule has 5 nitrogen and oxygen atoms in total. The molecule has 0 saturated heterocycles. The van der Waals surface area contributed by atoms with E-state index in [2.05, 4.69) is 15.3 Å². The Bertz CT molecular complexity index is 683. The van der Waals surface area contributed by atoms with Crippen molar-refractivity contribution in [2.45, 2.75) is 18.9 Å². The summed E-state index contributed by atoms with van der Waals surface area (Å²) in [6.45, 7) is 0.236. The molecule has 1 aliphatic rings. The lowest BCUT2D eigenvalue weighted by molar-refractivity contribution is 0.278. The van der Waals surface area contributed by atoms with E-state index < -0.39 is 0 Å². The minimum absolute atomic E-state index is 0.236. The molecule has 2 atom stereocenters. The van der Waals surface area contributed by atoms with Crippen LogP contribution in [0.25, 0.3) is 16.6 Å². The Balaban J connectivity index is 1.76. The molecule has 2 unspecified atom stereocenters. The first kappa shape index (κ1) is 13.7. The topological polar surface area (TPSA) is 81.9 Å². The molecule has 3 rings (SSSR count). The molecule has 3 N–H and O–H groups in total. The van der Waals surface area contributed by atoms with E-state index in [0.29, 0.717) is 23.2 Å². The predicted octanol–water partition coefficient (Wildman–Crippen LogP) is 1.98. The Kier molecular flexibility index (Phi) is 3.92. The molecule has 0 bridgehead atoms. The minimum Gasteiger partial charge on any atom is -0.396 e. The third kappa shape index (κ3) is 3.08. The number of allylic oxidation sites excluding steroid dienone is 1. The predicted molar refractivity (Wildman–Crippen MR) is 83.0 cm³/mol. The van der Waals surface area contributed by atoms with Crippen molar-refractivity contribution in [1.82, 2.24) is 15.3 Å². The van der Waals surface area contributed by atoms with Crippen molar-refractivity contribution in [2.75, 3.05) is 6.61 Å². The van der Waals surface area contributed by atoms with Crippen LogP contribution in [0.15, 0.2) is 36.7 Å². The number of nitrogens with zero attached hydrogens (tertiary/aromatic N) is 2. The molecule has 0 radical (unpaired) electrons. The lowest BCUT2D eigenvalue weighted by atomic mass is 10.2. The van der Waals surface area contributed by atoms with Gasteiger partial charge < -0.3 is 15.8 Å². The molecule has 2 aromatic rings. The molecule has 1 heterocycles. The Hall–Kier alpha value is -2.27. The molecule has 21 heavy (non-hydrogen) atoms. The number of aromatic nitrogens is 2. The van der Waals surface area contributed by atoms with E-state index >= 15 is 0 Å². The SMILES string of the molecule is N=C/C(=C\NC1CC1CCO)c1cnc2ccccc2n1. The molecule has 0 amide bonds. The number of benzene rings is 1. The average molecular weight is 282 g/mol. The van der Waals surface area contributed by atoms with Crippen molar-refractivity contribution in [3.8, 4) is 0 Å². The summed E-state index contributed by atoms with van der Waals surface area (Å²) in [7, 11) is 0. The molecule has 0 aliphatic heterocycles. The highest BCUT2D eigenvalue weighted by Crippen LogP contribution is 2.33. The summed E-state index contributed by atoms with van der Waals surface area (Å²) in [5.41, 5.74) is 3.08. The van der Waals surface area contributed by atoms with Crippen LogP contribution in [0.3, 0.4) is 0 Å². The smallest absolute Gasteiger partial charge is 0.0922 e. The molecule has 1 fully saturated rings.